The van der Waals surface area contributed by atoms with E-state index >= 15 is 0 Å². The first-order valence-corrected chi connectivity index (χ1v) is 3.77. The van der Waals surface area contributed by atoms with Crippen molar-refractivity contribution in [2.75, 3.05) is 0 Å². The van der Waals surface area contributed by atoms with E-state index in [0.717, 1.165) is 0 Å². The summed E-state index contributed by atoms with van der Waals surface area (Å²) in [6.07, 6.45) is 0.619. The molecule has 0 spiro atoms. The van der Waals surface area contributed by atoms with Gasteiger partial charge in [0.05, 0.1) is 0 Å². The van der Waals surface area contributed by atoms with Crippen molar-refractivity contribution in [2.24, 2.45) is 0 Å². The Morgan fingerprint density at radius 3 is 2.56 bits per heavy atom. The Morgan fingerprint density at radius 1 is 1.89 bits per heavy atom. The molecule has 0 rings (SSSR count). The van der Waals surface area contributed by atoms with Crippen LogP contribution in [-0.2, 0) is 9.68 Å². The van der Waals surface area contributed by atoms with E-state index in [1.807, 2.05) is 6.92 Å². The van der Waals surface area contributed by atoms with Gasteiger partial charge in [-0.3, -0.25) is 10.1 Å². The van der Waals surface area contributed by atoms with Crippen LogP contribution in [0.15, 0.2) is 0 Å². The molecule has 0 saturated heterocycles. The zero-order valence-electron chi connectivity index (χ0n) is 5.13. The summed E-state index contributed by atoms with van der Waals surface area (Å²) < 4.78 is 0.00787. The minimum Gasteiger partial charge on any atom is -0.288 e. The molecule has 54 valence electrons. The third-order valence-corrected chi connectivity index (χ3v) is 1.43. The molecule has 0 bridgehead atoms. The van der Waals surface area contributed by atoms with Gasteiger partial charge in [0.1, 0.15) is 6.10 Å². The van der Waals surface area contributed by atoms with Crippen LogP contribution in [0.3, 0.4) is 0 Å². The summed E-state index contributed by atoms with van der Waals surface area (Å²) in [5.74, 6) is 0. The Balaban J connectivity index is 3.43. The smallest absolute Gasteiger partial charge is 0.195 e. The van der Waals surface area contributed by atoms with Gasteiger partial charge in [-0.15, -0.1) is 0 Å². The molecule has 0 aromatic carbocycles. The fourth-order valence-corrected chi connectivity index (χ4v) is 0.926. The highest BCUT2D eigenvalue weighted by molar-refractivity contribution is 14.1. The Morgan fingerprint density at radius 2 is 2.44 bits per heavy atom. The van der Waals surface area contributed by atoms with Crippen molar-refractivity contribution in [3.63, 3.8) is 0 Å². The normalized spacial score (nSPS) is 13.2. The van der Waals surface area contributed by atoms with Crippen molar-refractivity contribution >= 4 is 26.4 Å². The highest BCUT2D eigenvalue weighted by Gasteiger charge is 2.08. The molecule has 0 aromatic heterocycles. The summed E-state index contributed by atoms with van der Waals surface area (Å²) in [7, 11) is 0. The molecule has 0 fully saturated rings. The number of rotatable bonds is 4. The second-order valence-corrected chi connectivity index (χ2v) is 2.90. The first kappa shape index (κ1) is 9.32. The van der Waals surface area contributed by atoms with Gasteiger partial charge in [-0.2, -0.15) is 0 Å². The maximum absolute atomic E-state index is 10.4. The average molecular weight is 244 g/mol. The summed E-state index contributed by atoms with van der Waals surface area (Å²) in [5.41, 5.74) is 0. The highest BCUT2D eigenvalue weighted by atomic mass is 127. The van der Waals surface area contributed by atoms with E-state index in [0.29, 0.717) is 6.42 Å². The van der Waals surface area contributed by atoms with Gasteiger partial charge in [-0.05, 0) is 29.0 Å². The molecule has 1 atom stereocenters. The molecule has 0 amide bonds. The number of carbonyl (C=O) groups is 1. The monoisotopic (exact) mass is 244 g/mol. The van der Waals surface area contributed by atoms with Crippen molar-refractivity contribution in [3.8, 4) is 0 Å². The lowest BCUT2D eigenvalue weighted by Gasteiger charge is -2.05. The summed E-state index contributed by atoms with van der Waals surface area (Å²) in [6, 6.07) is 0. The van der Waals surface area contributed by atoms with Gasteiger partial charge >= 0.3 is 0 Å². The van der Waals surface area contributed by atoms with Gasteiger partial charge in [0.15, 0.2) is 3.79 Å². The molecular formula is C5H9IO3. The van der Waals surface area contributed by atoms with Gasteiger partial charge in [-0.1, -0.05) is 6.92 Å². The van der Waals surface area contributed by atoms with Crippen LogP contribution in [0.25, 0.3) is 0 Å². The van der Waals surface area contributed by atoms with E-state index < -0.39 is 0 Å². The van der Waals surface area contributed by atoms with Crippen LogP contribution >= 0.6 is 22.6 Å². The molecule has 1 unspecified atom stereocenters. The molecule has 0 aliphatic rings. The summed E-state index contributed by atoms with van der Waals surface area (Å²) in [4.78, 5) is 14.4. The average Bonchev–Trinajstić information content (AvgIpc) is 1.82. The molecule has 1 N–H and O–H groups in total. The Hall–Kier alpha value is 0.320. The van der Waals surface area contributed by atoms with Crippen LogP contribution in [0.2, 0.25) is 0 Å². The summed E-state index contributed by atoms with van der Waals surface area (Å²) >= 11 is 1.67. The zero-order valence-corrected chi connectivity index (χ0v) is 7.29. The van der Waals surface area contributed by atoms with E-state index in [4.69, 9.17) is 5.26 Å². The number of carbonyl (C=O) groups excluding carboxylic acids is 1. The van der Waals surface area contributed by atoms with Crippen LogP contribution in [0.5, 0.6) is 0 Å². The fraction of sp³-hybridized carbons (Fsp3) is 0.800. The molecule has 0 aliphatic carbocycles. The first-order chi connectivity index (χ1) is 4.20. The van der Waals surface area contributed by atoms with Crippen LogP contribution < -0.4 is 0 Å². The van der Waals surface area contributed by atoms with Crippen molar-refractivity contribution in [3.05, 3.63) is 0 Å². The van der Waals surface area contributed by atoms with Crippen molar-refractivity contribution in [1.82, 2.24) is 0 Å². The van der Waals surface area contributed by atoms with Gasteiger partial charge in [0.25, 0.3) is 0 Å². The lowest BCUT2D eigenvalue weighted by atomic mass is 10.2. The summed E-state index contributed by atoms with van der Waals surface area (Å²) in [5, 5.41) is 8.12. The number of hydrogen-bond donors (Lipinski definition) is 1. The van der Waals surface area contributed by atoms with Crippen molar-refractivity contribution < 1.29 is 14.9 Å². The maximum atomic E-state index is 10.4. The van der Waals surface area contributed by atoms with Gasteiger partial charge in [-0.25, -0.2) is 4.89 Å². The molecule has 0 aliphatic heterocycles. The number of hydrogen-bond acceptors (Lipinski definition) is 3. The van der Waals surface area contributed by atoms with Gasteiger partial charge in [0, 0.05) is 6.42 Å². The molecule has 0 heterocycles. The van der Waals surface area contributed by atoms with Crippen LogP contribution in [0, 0.1) is 0 Å². The standard InChI is InChI=1S/C5H9IO3/c1-2-4(9-8)3-5(6)7/h4,8H,2-3H2,1H3. The van der Waals surface area contributed by atoms with Crippen LogP contribution in [-0.4, -0.2) is 15.2 Å². The molecule has 4 heteroatoms. The second kappa shape index (κ2) is 5.13. The molecule has 3 nitrogen and oxygen atoms in total. The molecule has 0 saturated carbocycles. The summed E-state index contributed by atoms with van der Waals surface area (Å²) in [6.45, 7) is 1.85. The zero-order chi connectivity index (χ0) is 7.28. The quantitative estimate of drug-likeness (QED) is 0.353. The van der Waals surface area contributed by atoms with E-state index in [9.17, 15) is 4.79 Å². The van der Waals surface area contributed by atoms with Gasteiger partial charge in [0.2, 0.25) is 0 Å². The Bertz CT molecular complexity index is 90.2. The van der Waals surface area contributed by atoms with E-state index in [2.05, 4.69) is 4.89 Å². The molecule has 0 aromatic rings. The molecule has 9 heavy (non-hydrogen) atoms. The topological polar surface area (TPSA) is 46.5 Å². The Labute approximate surface area is 67.5 Å². The molecule has 0 radical (unpaired) electrons. The largest absolute Gasteiger partial charge is 0.288 e. The van der Waals surface area contributed by atoms with E-state index in [1.165, 1.54) is 0 Å². The third kappa shape index (κ3) is 4.80. The van der Waals surface area contributed by atoms with E-state index in [1.54, 1.807) is 22.6 Å². The minimum atomic E-state index is -0.325. The van der Waals surface area contributed by atoms with E-state index in [-0.39, 0.29) is 16.3 Å². The fourth-order valence-electron chi connectivity index (χ4n) is 0.435. The predicted molar refractivity (Wildman–Crippen MR) is 41.4 cm³/mol. The highest BCUT2D eigenvalue weighted by Crippen LogP contribution is 2.05. The lowest BCUT2D eigenvalue weighted by Crippen LogP contribution is -2.11. The second-order valence-electron chi connectivity index (χ2n) is 1.69. The van der Waals surface area contributed by atoms with Crippen LogP contribution in [0.1, 0.15) is 19.8 Å². The third-order valence-electron chi connectivity index (χ3n) is 0.993. The Kier molecular flexibility index (Phi) is 5.31. The first-order valence-electron chi connectivity index (χ1n) is 2.69. The van der Waals surface area contributed by atoms with Crippen LogP contribution in [0.4, 0.5) is 0 Å². The predicted octanol–water partition coefficient (Wildman–Crippen LogP) is 1.61. The number of halogens is 1. The molecular weight excluding hydrogens is 235 g/mol. The maximum Gasteiger partial charge on any atom is 0.195 e. The minimum absolute atomic E-state index is 0.00787. The van der Waals surface area contributed by atoms with Crippen molar-refractivity contribution in [2.45, 2.75) is 25.9 Å². The lowest BCUT2D eigenvalue weighted by molar-refractivity contribution is -0.278. The van der Waals surface area contributed by atoms with Gasteiger partial charge < -0.3 is 0 Å². The SMILES string of the molecule is CCC(CC(=O)I)OO. The van der Waals surface area contributed by atoms with Crippen molar-refractivity contribution in [1.29, 1.82) is 0 Å².